The van der Waals surface area contributed by atoms with Crippen molar-refractivity contribution < 1.29 is 33.5 Å². The molecule has 6 rings (SSSR count). The number of ether oxygens (including phenoxy) is 2. The molecule has 4 amide bonds. The highest BCUT2D eigenvalue weighted by Gasteiger charge is 2.62. The highest BCUT2D eigenvalue weighted by Crippen LogP contribution is 2.38. The number of hydrogen-bond acceptors (Lipinski definition) is 7. The number of hydrogen-bond donors (Lipinski definition) is 1. The van der Waals surface area contributed by atoms with Gasteiger partial charge in [-0.15, -0.1) is 0 Å². The Labute approximate surface area is 225 Å². The molecule has 11 heteroatoms. The van der Waals surface area contributed by atoms with E-state index in [9.17, 15) is 19.2 Å². The molecule has 4 aliphatic heterocycles. The molecule has 2 bridgehead atoms. The van der Waals surface area contributed by atoms with Gasteiger partial charge in [-0.05, 0) is 38.0 Å². The summed E-state index contributed by atoms with van der Waals surface area (Å²) in [6.07, 6.45) is 0.542. The average molecular weight is 535 g/mol. The molecule has 0 aromatic heterocycles. The maximum absolute atomic E-state index is 13.4. The molecule has 0 unspecified atom stereocenters. The molecule has 2 saturated heterocycles. The van der Waals surface area contributed by atoms with Crippen molar-refractivity contribution in [2.24, 2.45) is 0 Å². The number of β-lactam (4-membered cyclic amide) rings is 1. The fourth-order valence-corrected chi connectivity index (χ4v) is 4.70. The molecule has 4 heterocycles. The second-order valence-electron chi connectivity index (χ2n) is 10.4. The van der Waals surface area contributed by atoms with Crippen LogP contribution in [-0.4, -0.2) is 69.0 Å². The molecule has 0 radical (unpaired) electrons. The van der Waals surface area contributed by atoms with E-state index >= 15 is 0 Å². The van der Waals surface area contributed by atoms with Crippen molar-refractivity contribution in [3.63, 3.8) is 0 Å². The minimum atomic E-state index is -1.14. The van der Waals surface area contributed by atoms with Crippen molar-refractivity contribution in [3.05, 3.63) is 83.9 Å². The molecule has 11 nitrogen and oxygen atoms in total. The van der Waals surface area contributed by atoms with Gasteiger partial charge >= 0.3 is 12.2 Å². The summed E-state index contributed by atoms with van der Waals surface area (Å²) >= 11 is 0. The Morgan fingerprint density at radius 3 is 2.21 bits per heavy atom. The predicted molar refractivity (Wildman–Crippen MR) is 137 cm³/mol. The summed E-state index contributed by atoms with van der Waals surface area (Å²) < 4.78 is 11.0. The lowest BCUT2D eigenvalue weighted by molar-refractivity contribution is -0.219. The molecule has 4 aliphatic rings. The third kappa shape index (κ3) is 5.44. The summed E-state index contributed by atoms with van der Waals surface area (Å²) in [5.74, 6) is -0.890. The number of amides is 4. The molecule has 2 aromatic rings. The van der Waals surface area contributed by atoms with Gasteiger partial charge in [0.2, 0.25) is 12.1 Å². The smallest absolute Gasteiger partial charge is 0.435 e. The third-order valence-corrected chi connectivity index (χ3v) is 6.39. The Bertz CT molecular complexity index is 1280. The number of nitrogens with one attached hydrogen (secondary N) is 1. The maximum atomic E-state index is 13.4. The van der Waals surface area contributed by atoms with E-state index in [0.717, 1.165) is 21.2 Å². The second kappa shape index (κ2) is 10.4. The zero-order valence-electron chi connectivity index (χ0n) is 21.9. The Morgan fingerprint density at radius 1 is 0.923 bits per heavy atom. The van der Waals surface area contributed by atoms with Gasteiger partial charge in [-0.25, -0.2) is 19.4 Å². The van der Waals surface area contributed by atoms with E-state index < -0.39 is 48.0 Å². The number of rotatable bonds is 5. The van der Waals surface area contributed by atoms with Crippen LogP contribution in [0.4, 0.5) is 9.59 Å². The second-order valence-corrected chi connectivity index (χ2v) is 10.4. The van der Waals surface area contributed by atoms with Crippen LogP contribution in [0.15, 0.2) is 72.8 Å². The van der Waals surface area contributed by atoms with Crippen molar-refractivity contribution in [1.82, 2.24) is 20.4 Å². The highest BCUT2D eigenvalue weighted by molar-refractivity contribution is 5.95. The van der Waals surface area contributed by atoms with E-state index in [-0.39, 0.29) is 18.9 Å². The third-order valence-electron chi connectivity index (χ3n) is 6.39. The van der Waals surface area contributed by atoms with Gasteiger partial charge in [-0.1, -0.05) is 66.7 Å². The topological polar surface area (TPSA) is 118 Å². The lowest BCUT2D eigenvalue weighted by Crippen LogP contribution is -2.78. The van der Waals surface area contributed by atoms with Gasteiger partial charge in [-0.3, -0.25) is 9.59 Å². The predicted octanol–water partition coefficient (Wildman–Crippen LogP) is 2.93. The number of fused-ring (bicyclic) bond motifs is 1. The van der Waals surface area contributed by atoms with Crippen molar-refractivity contribution in [3.8, 4) is 0 Å². The van der Waals surface area contributed by atoms with Gasteiger partial charge in [0, 0.05) is 0 Å². The number of carbonyl (C=O) groups excluding carboxylic acids is 4. The Kier molecular flexibility index (Phi) is 7.00. The van der Waals surface area contributed by atoms with Crippen LogP contribution in [0.2, 0.25) is 0 Å². The summed E-state index contributed by atoms with van der Waals surface area (Å²) in [4.78, 5) is 58.5. The Morgan fingerprint density at radius 2 is 1.56 bits per heavy atom. The number of benzene rings is 2. The average Bonchev–Trinajstić information content (AvgIpc) is 3.13. The van der Waals surface area contributed by atoms with Crippen LogP contribution in [0.25, 0.3) is 0 Å². The summed E-state index contributed by atoms with van der Waals surface area (Å²) in [5.41, 5.74) is 0.708. The van der Waals surface area contributed by atoms with Gasteiger partial charge in [-0.2, -0.15) is 10.1 Å². The van der Waals surface area contributed by atoms with Gasteiger partial charge in [0.05, 0.1) is 6.42 Å². The Hall–Kier alpha value is -4.38. The van der Waals surface area contributed by atoms with Crippen LogP contribution in [0.3, 0.4) is 0 Å². The molecule has 2 aromatic carbocycles. The lowest BCUT2D eigenvalue weighted by Gasteiger charge is -2.50. The molecular weight excluding hydrogens is 504 g/mol. The van der Waals surface area contributed by atoms with Crippen LogP contribution in [0.1, 0.15) is 31.9 Å². The van der Waals surface area contributed by atoms with Crippen LogP contribution >= 0.6 is 0 Å². The fraction of sp³-hybridized carbons (Fsp3) is 0.357. The van der Waals surface area contributed by atoms with Crippen LogP contribution < -0.4 is 5.32 Å². The van der Waals surface area contributed by atoms with Gasteiger partial charge in [0.25, 0.3) is 5.91 Å². The first-order valence-electron chi connectivity index (χ1n) is 12.7. The molecule has 204 valence electrons. The normalized spacial score (nSPS) is 23.5. The standard InChI is InChI=1S/C28H30N4O7/c1-28(2,3)38-26(35)30-22-15-14-20(32(39-22)27(36)37-17-19-12-8-5-9-13-19)24-23(25(34)31(24)30)29-21(33)16-18-10-6-4-7-11-18/h4-15,20,22-24H,16-17H2,1-3H3,(H,29,33)/t20-,22+,23+,24-/m0/s1. The van der Waals surface area contributed by atoms with Gasteiger partial charge in [0.15, 0.2) is 0 Å². The SMILES string of the molecule is CC(C)(C)OC(=O)N1[C@H]2C=C[C@@H]([C@H]3[C@@H](NC(=O)Cc4ccccc4)C(=O)N31)N(C(=O)OCc1ccccc1)O2. The van der Waals surface area contributed by atoms with E-state index in [4.69, 9.17) is 14.3 Å². The lowest BCUT2D eigenvalue weighted by atomic mass is 9.89. The minimum absolute atomic E-state index is 0.000958. The number of nitrogens with zero attached hydrogens (tertiary/aromatic N) is 3. The quantitative estimate of drug-likeness (QED) is 0.463. The van der Waals surface area contributed by atoms with E-state index in [0.29, 0.717) is 0 Å². The minimum Gasteiger partial charge on any atom is -0.443 e. The van der Waals surface area contributed by atoms with Gasteiger partial charge in [0.1, 0.15) is 30.3 Å². The molecule has 0 spiro atoms. The Balaban J connectivity index is 1.39. The molecule has 2 fully saturated rings. The first-order valence-corrected chi connectivity index (χ1v) is 12.7. The van der Waals surface area contributed by atoms with Crippen molar-refractivity contribution in [2.45, 2.75) is 63.8 Å². The molecule has 4 atom stereocenters. The summed E-state index contributed by atoms with van der Waals surface area (Å²) in [7, 11) is 0. The first-order chi connectivity index (χ1) is 18.6. The van der Waals surface area contributed by atoms with Crippen LogP contribution in [0, 0.1) is 0 Å². The number of hydrazine groups is 1. The largest absolute Gasteiger partial charge is 0.443 e. The fourth-order valence-electron chi connectivity index (χ4n) is 4.70. The molecule has 1 N–H and O–H groups in total. The van der Waals surface area contributed by atoms with Crippen LogP contribution in [0.5, 0.6) is 0 Å². The van der Waals surface area contributed by atoms with E-state index in [1.807, 2.05) is 60.7 Å². The zero-order chi connectivity index (χ0) is 27.7. The maximum Gasteiger partial charge on any atom is 0.435 e. The van der Waals surface area contributed by atoms with Crippen molar-refractivity contribution in [2.75, 3.05) is 0 Å². The number of hydroxylamine groups is 2. The monoisotopic (exact) mass is 534 g/mol. The summed E-state index contributed by atoms with van der Waals surface area (Å²) in [5, 5.41) is 6.02. The van der Waals surface area contributed by atoms with Crippen molar-refractivity contribution in [1.29, 1.82) is 0 Å². The zero-order valence-corrected chi connectivity index (χ0v) is 21.9. The molecule has 0 aliphatic carbocycles. The molecular formula is C28H30N4O7. The molecule has 39 heavy (non-hydrogen) atoms. The summed E-state index contributed by atoms with van der Waals surface area (Å²) in [6.45, 7) is 5.10. The van der Waals surface area contributed by atoms with Crippen LogP contribution in [-0.2, 0) is 36.9 Å². The van der Waals surface area contributed by atoms with Gasteiger partial charge < -0.3 is 14.8 Å². The highest BCUT2D eigenvalue weighted by atomic mass is 16.8. The van der Waals surface area contributed by atoms with E-state index in [1.165, 1.54) is 5.01 Å². The van der Waals surface area contributed by atoms with E-state index in [2.05, 4.69) is 5.32 Å². The van der Waals surface area contributed by atoms with Crippen molar-refractivity contribution >= 4 is 24.0 Å². The summed E-state index contributed by atoms with van der Waals surface area (Å²) in [6, 6.07) is 15.6. The number of carbonyl (C=O) groups is 4. The van der Waals surface area contributed by atoms with E-state index in [1.54, 1.807) is 32.9 Å². The first kappa shape index (κ1) is 26.2. The molecule has 0 saturated carbocycles.